The van der Waals surface area contributed by atoms with Gasteiger partial charge < -0.3 is 4.74 Å². The summed E-state index contributed by atoms with van der Waals surface area (Å²) in [6.45, 7) is 12.0. The molecule has 1 saturated heterocycles. The van der Waals surface area contributed by atoms with Crippen molar-refractivity contribution in [2.24, 2.45) is 0 Å². The van der Waals surface area contributed by atoms with E-state index in [0.717, 1.165) is 13.0 Å². The van der Waals surface area contributed by atoms with E-state index >= 15 is 0 Å². The van der Waals surface area contributed by atoms with Gasteiger partial charge in [-0.2, -0.15) is 0 Å². The number of rotatable bonds is 9. The summed E-state index contributed by atoms with van der Waals surface area (Å²) in [4.78, 5) is 0. The average molecular weight is 276 g/mol. The van der Waals surface area contributed by atoms with Crippen LogP contribution in [0.4, 0.5) is 0 Å². The predicted octanol–water partition coefficient (Wildman–Crippen LogP) is 5.97. The molecule has 0 N–H and O–H groups in total. The molecule has 0 radical (unpaired) electrons. The molecule has 0 bridgehead atoms. The molecule has 1 heterocycles. The lowest BCUT2D eigenvalue weighted by molar-refractivity contribution is 0.310. The molecule has 1 aliphatic rings. The summed E-state index contributed by atoms with van der Waals surface area (Å²) in [6.07, 6.45) is 14.2. The van der Waals surface area contributed by atoms with Crippen LogP contribution in [0.5, 0.6) is 0 Å². The highest BCUT2D eigenvalue weighted by Crippen LogP contribution is 2.31. The molecule has 1 heteroatoms. The third kappa shape index (κ3) is 8.37. The van der Waals surface area contributed by atoms with Crippen molar-refractivity contribution in [2.75, 3.05) is 6.61 Å². The molecule has 0 aromatic carbocycles. The number of epoxide rings is 1. The van der Waals surface area contributed by atoms with Gasteiger partial charge in [0.05, 0.1) is 12.2 Å². The van der Waals surface area contributed by atoms with Crippen LogP contribution in [-0.4, -0.2) is 12.2 Å². The van der Waals surface area contributed by atoms with Gasteiger partial charge in [0.25, 0.3) is 0 Å². The second-order valence-electron chi connectivity index (χ2n) is 6.74. The lowest BCUT2D eigenvalue weighted by Crippen LogP contribution is -2.02. The van der Waals surface area contributed by atoms with Crippen LogP contribution >= 0.6 is 0 Å². The highest BCUT2D eigenvalue weighted by molar-refractivity contribution is 5.05. The van der Waals surface area contributed by atoms with Gasteiger partial charge in [0.15, 0.2) is 0 Å². The molecule has 0 saturated carbocycles. The zero-order valence-electron chi connectivity index (χ0n) is 14.1. The maximum absolute atomic E-state index is 5.40. The third-order valence-corrected chi connectivity index (χ3v) is 3.93. The van der Waals surface area contributed by atoms with Crippen molar-refractivity contribution in [1.29, 1.82) is 0 Å². The van der Waals surface area contributed by atoms with E-state index in [1.165, 1.54) is 48.8 Å². The Bertz CT molecular complexity index is 377. The first-order valence-electron chi connectivity index (χ1n) is 8.00. The molecule has 1 atom stereocenters. The maximum Gasteiger partial charge on any atom is 0.0891 e. The molecule has 1 nitrogen and oxygen atoms in total. The van der Waals surface area contributed by atoms with Crippen LogP contribution in [0.15, 0.2) is 34.9 Å². The van der Waals surface area contributed by atoms with Crippen molar-refractivity contribution in [2.45, 2.75) is 78.7 Å². The number of ether oxygens (including phenoxy) is 1. The molecule has 0 aromatic rings. The molecule has 1 fully saturated rings. The fourth-order valence-electron chi connectivity index (χ4n) is 2.23. The van der Waals surface area contributed by atoms with Gasteiger partial charge in [0.2, 0.25) is 0 Å². The third-order valence-electron chi connectivity index (χ3n) is 3.93. The zero-order chi connectivity index (χ0) is 15.0. The Morgan fingerprint density at radius 1 is 0.900 bits per heavy atom. The largest absolute Gasteiger partial charge is 0.370 e. The Balaban J connectivity index is 2.14. The van der Waals surface area contributed by atoms with Crippen LogP contribution in [0.25, 0.3) is 0 Å². The van der Waals surface area contributed by atoms with E-state index in [1.54, 1.807) is 0 Å². The smallest absolute Gasteiger partial charge is 0.0891 e. The highest BCUT2D eigenvalue weighted by atomic mass is 16.6. The van der Waals surface area contributed by atoms with Crippen LogP contribution in [0, 0.1) is 0 Å². The van der Waals surface area contributed by atoms with Crippen molar-refractivity contribution >= 4 is 0 Å². The van der Waals surface area contributed by atoms with Gasteiger partial charge in [0, 0.05) is 0 Å². The molecule has 20 heavy (non-hydrogen) atoms. The van der Waals surface area contributed by atoms with E-state index in [0.29, 0.717) is 0 Å². The van der Waals surface area contributed by atoms with Crippen molar-refractivity contribution < 1.29 is 4.74 Å². The molecule has 1 rings (SSSR count). The van der Waals surface area contributed by atoms with Crippen molar-refractivity contribution in [3.8, 4) is 0 Å². The van der Waals surface area contributed by atoms with Gasteiger partial charge in [-0.3, -0.25) is 0 Å². The molecule has 0 spiro atoms. The molecule has 114 valence electrons. The maximum atomic E-state index is 5.40. The Morgan fingerprint density at radius 3 is 1.90 bits per heavy atom. The average Bonchev–Trinajstić information content (AvgIpc) is 3.07. The molecular formula is C19H32O. The number of allylic oxidation sites excluding steroid dienone is 6. The van der Waals surface area contributed by atoms with Gasteiger partial charge >= 0.3 is 0 Å². The van der Waals surface area contributed by atoms with Crippen molar-refractivity contribution in [3.05, 3.63) is 34.9 Å². The molecule has 0 amide bonds. The van der Waals surface area contributed by atoms with Crippen LogP contribution in [0.1, 0.15) is 73.1 Å². The van der Waals surface area contributed by atoms with E-state index in [9.17, 15) is 0 Å². The fraction of sp³-hybridized carbons (Fsp3) is 0.684. The van der Waals surface area contributed by atoms with Crippen molar-refractivity contribution in [1.82, 2.24) is 0 Å². The summed E-state index contributed by atoms with van der Waals surface area (Å²) in [6, 6.07) is 0. The van der Waals surface area contributed by atoms with Crippen LogP contribution in [0.3, 0.4) is 0 Å². The highest BCUT2D eigenvalue weighted by Gasteiger charge is 2.37. The van der Waals surface area contributed by atoms with E-state index in [1.807, 2.05) is 0 Å². The normalized spacial score (nSPS) is 22.9. The van der Waals surface area contributed by atoms with Gasteiger partial charge in [-0.05, 0) is 73.1 Å². The number of hydrogen-bond acceptors (Lipinski definition) is 1. The van der Waals surface area contributed by atoms with Gasteiger partial charge in [-0.1, -0.05) is 34.9 Å². The molecular weight excluding hydrogens is 244 g/mol. The molecule has 0 unspecified atom stereocenters. The summed E-state index contributed by atoms with van der Waals surface area (Å²) in [5.74, 6) is 0. The SMILES string of the molecule is CC(C)=CCC/C(C)=C/CC/C(C)=C/CC[C@]1(C)CO1. The predicted molar refractivity (Wildman–Crippen MR) is 89.0 cm³/mol. The Kier molecular flexibility index (Phi) is 7.29. The second-order valence-corrected chi connectivity index (χ2v) is 6.74. The quantitative estimate of drug-likeness (QED) is 0.373. The Morgan fingerprint density at radius 2 is 1.40 bits per heavy atom. The summed E-state index contributed by atoms with van der Waals surface area (Å²) in [5.41, 5.74) is 4.67. The van der Waals surface area contributed by atoms with Gasteiger partial charge in [-0.15, -0.1) is 0 Å². The minimum atomic E-state index is 0.207. The van der Waals surface area contributed by atoms with Gasteiger partial charge in [0.1, 0.15) is 0 Å². The van der Waals surface area contributed by atoms with E-state index in [4.69, 9.17) is 4.74 Å². The summed E-state index contributed by atoms with van der Waals surface area (Å²) >= 11 is 0. The Labute approximate surface area is 125 Å². The van der Waals surface area contributed by atoms with E-state index in [-0.39, 0.29) is 5.60 Å². The summed E-state index contributed by atoms with van der Waals surface area (Å²) in [5, 5.41) is 0. The van der Waals surface area contributed by atoms with Crippen molar-refractivity contribution in [3.63, 3.8) is 0 Å². The zero-order valence-corrected chi connectivity index (χ0v) is 14.1. The van der Waals surface area contributed by atoms with Crippen LogP contribution in [-0.2, 0) is 4.74 Å². The standard InChI is InChI=1S/C19H32O/c1-16(2)9-6-10-17(3)11-7-12-18(4)13-8-14-19(5)15-20-19/h9,11,13H,6-8,10,12,14-15H2,1-5H3/b17-11+,18-13+/t19-/m1/s1. The van der Waals surface area contributed by atoms with Crippen LogP contribution in [0.2, 0.25) is 0 Å². The first kappa shape index (κ1) is 17.2. The fourth-order valence-corrected chi connectivity index (χ4v) is 2.23. The summed E-state index contributed by atoms with van der Waals surface area (Å²) < 4.78 is 5.40. The van der Waals surface area contributed by atoms with E-state index in [2.05, 4.69) is 52.8 Å². The molecule has 0 aliphatic carbocycles. The minimum Gasteiger partial charge on any atom is -0.370 e. The lowest BCUT2D eigenvalue weighted by atomic mass is 10.0. The topological polar surface area (TPSA) is 12.5 Å². The Hall–Kier alpha value is -0.820. The lowest BCUT2D eigenvalue weighted by Gasteiger charge is -2.03. The first-order valence-corrected chi connectivity index (χ1v) is 8.00. The second kappa shape index (κ2) is 8.46. The monoisotopic (exact) mass is 276 g/mol. The number of hydrogen-bond donors (Lipinski definition) is 0. The first-order chi connectivity index (χ1) is 9.41. The van der Waals surface area contributed by atoms with E-state index < -0.39 is 0 Å². The van der Waals surface area contributed by atoms with Gasteiger partial charge in [-0.25, -0.2) is 0 Å². The van der Waals surface area contributed by atoms with Crippen LogP contribution < -0.4 is 0 Å². The molecule has 1 aliphatic heterocycles. The molecule has 0 aromatic heterocycles. The summed E-state index contributed by atoms with van der Waals surface area (Å²) in [7, 11) is 0. The minimum absolute atomic E-state index is 0.207.